The van der Waals surface area contributed by atoms with E-state index in [0.717, 1.165) is 5.69 Å². The molecule has 174 valence electrons. The zero-order valence-corrected chi connectivity index (χ0v) is 19.0. The second-order valence-electron chi connectivity index (χ2n) is 7.86. The summed E-state index contributed by atoms with van der Waals surface area (Å²) in [7, 11) is 0. The van der Waals surface area contributed by atoms with E-state index in [2.05, 4.69) is 15.5 Å². The fraction of sp³-hybridized carbons (Fsp3) is 0.333. The second-order valence-corrected chi connectivity index (χ2v) is 7.86. The quantitative estimate of drug-likeness (QED) is 0.652. The molecule has 2 N–H and O–H groups in total. The topological polar surface area (TPSA) is 108 Å². The van der Waals surface area contributed by atoms with Crippen molar-refractivity contribution in [1.29, 1.82) is 0 Å². The molecule has 0 radical (unpaired) electrons. The lowest BCUT2D eigenvalue weighted by molar-refractivity contribution is -0.140. The molecule has 0 aliphatic carbocycles. The highest BCUT2D eigenvalue weighted by atomic mass is 16.5. The first kappa shape index (κ1) is 23.8. The number of hydrogen-bond acceptors (Lipinski definition) is 6. The van der Waals surface area contributed by atoms with Crippen LogP contribution in [0.4, 0.5) is 17.1 Å². The van der Waals surface area contributed by atoms with E-state index in [4.69, 9.17) is 4.74 Å². The maximum Gasteiger partial charge on any atom is 0.339 e. The number of nitrogens with one attached hydrogen (secondary N) is 2. The summed E-state index contributed by atoms with van der Waals surface area (Å²) >= 11 is 0. The number of anilines is 3. The van der Waals surface area contributed by atoms with Gasteiger partial charge < -0.3 is 25.2 Å². The molecule has 1 aliphatic heterocycles. The summed E-state index contributed by atoms with van der Waals surface area (Å²) in [5.41, 5.74) is 1.88. The Balaban J connectivity index is 1.63. The van der Waals surface area contributed by atoms with Crippen LogP contribution in [0.3, 0.4) is 0 Å². The van der Waals surface area contributed by atoms with E-state index in [0.29, 0.717) is 37.6 Å². The molecular weight excluding hydrogens is 424 g/mol. The van der Waals surface area contributed by atoms with E-state index in [-0.39, 0.29) is 23.3 Å². The van der Waals surface area contributed by atoms with Crippen LogP contribution < -0.4 is 15.5 Å². The largest absolute Gasteiger partial charge is 0.449 e. The summed E-state index contributed by atoms with van der Waals surface area (Å²) in [4.78, 5) is 52.3. The summed E-state index contributed by atoms with van der Waals surface area (Å²) in [5.74, 6) is -1.64. The molecule has 0 spiro atoms. The average Bonchev–Trinajstić information content (AvgIpc) is 2.78. The number of benzene rings is 2. The van der Waals surface area contributed by atoms with Gasteiger partial charge in [0.15, 0.2) is 6.10 Å². The molecule has 1 heterocycles. The maximum atomic E-state index is 12.8. The van der Waals surface area contributed by atoms with E-state index in [1.807, 2.05) is 30.3 Å². The Morgan fingerprint density at radius 1 is 0.848 bits per heavy atom. The van der Waals surface area contributed by atoms with E-state index < -0.39 is 12.1 Å². The Labute approximate surface area is 192 Å². The maximum absolute atomic E-state index is 12.8. The molecule has 1 aliphatic rings. The van der Waals surface area contributed by atoms with Crippen LogP contribution in [-0.2, 0) is 19.1 Å². The van der Waals surface area contributed by atoms with Crippen LogP contribution >= 0.6 is 0 Å². The third-order valence-electron chi connectivity index (χ3n) is 5.15. The minimum Gasteiger partial charge on any atom is -0.449 e. The minimum atomic E-state index is -0.977. The molecule has 1 saturated heterocycles. The molecule has 9 nitrogen and oxygen atoms in total. The molecule has 1 unspecified atom stereocenters. The van der Waals surface area contributed by atoms with Gasteiger partial charge in [0, 0.05) is 57.1 Å². The van der Waals surface area contributed by atoms with Crippen LogP contribution in [-0.4, -0.2) is 60.9 Å². The van der Waals surface area contributed by atoms with Gasteiger partial charge in [-0.2, -0.15) is 0 Å². The standard InChI is InChI=1S/C24H28N4O5/c1-16(23(31)28-11-9-27(10-12-28)22-7-5-4-6-8-22)33-24(32)19-13-20(25-17(2)29)15-21(14-19)26-18(3)30/h4-8,13-16H,9-12H2,1-3H3,(H,25,29)(H,26,30). The summed E-state index contributed by atoms with van der Waals surface area (Å²) in [6, 6.07) is 14.4. The van der Waals surface area contributed by atoms with Crippen molar-refractivity contribution in [3.8, 4) is 0 Å². The van der Waals surface area contributed by atoms with Gasteiger partial charge >= 0.3 is 5.97 Å². The molecule has 2 aromatic rings. The summed E-state index contributed by atoms with van der Waals surface area (Å²) in [6.07, 6.45) is -0.977. The van der Waals surface area contributed by atoms with Crippen molar-refractivity contribution in [2.24, 2.45) is 0 Å². The number of carbonyl (C=O) groups excluding carboxylic acids is 4. The number of para-hydroxylation sites is 1. The normalized spacial score (nSPS) is 14.3. The zero-order valence-electron chi connectivity index (χ0n) is 19.0. The van der Waals surface area contributed by atoms with Gasteiger partial charge in [0.1, 0.15) is 0 Å². The van der Waals surface area contributed by atoms with Crippen molar-refractivity contribution in [3.63, 3.8) is 0 Å². The van der Waals surface area contributed by atoms with Gasteiger partial charge in [0.2, 0.25) is 11.8 Å². The zero-order chi connectivity index (χ0) is 24.0. The van der Waals surface area contributed by atoms with Crippen molar-refractivity contribution in [2.45, 2.75) is 26.9 Å². The number of nitrogens with zero attached hydrogens (tertiary/aromatic N) is 2. The van der Waals surface area contributed by atoms with Crippen molar-refractivity contribution in [2.75, 3.05) is 41.7 Å². The highest BCUT2D eigenvalue weighted by Crippen LogP contribution is 2.21. The van der Waals surface area contributed by atoms with Gasteiger partial charge in [0.25, 0.3) is 5.91 Å². The molecule has 3 rings (SSSR count). The van der Waals surface area contributed by atoms with Gasteiger partial charge in [0.05, 0.1) is 5.56 Å². The Bertz CT molecular complexity index is 998. The average molecular weight is 453 g/mol. The number of esters is 1. The van der Waals surface area contributed by atoms with E-state index in [1.165, 1.54) is 39.0 Å². The molecule has 0 aromatic heterocycles. The number of hydrogen-bond donors (Lipinski definition) is 2. The van der Waals surface area contributed by atoms with Crippen LogP contribution in [0.25, 0.3) is 0 Å². The molecule has 0 bridgehead atoms. The SMILES string of the molecule is CC(=O)Nc1cc(NC(C)=O)cc(C(=O)OC(C)C(=O)N2CCN(c3ccccc3)CC2)c1. The lowest BCUT2D eigenvalue weighted by Crippen LogP contribution is -2.51. The predicted octanol–water partition coefficient (Wildman–Crippen LogP) is 2.50. The molecule has 1 fully saturated rings. The van der Waals surface area contributed by atoms with Crippen molar-refractivity contribution in [3.05, 3.63) is 54.1 Å². The smallest absolute Gasteiger partial charge is 0.339 e. The van der Waals surface area contributed by atoms with Crippen molar-refractivity contribution >= 4 is 40.8 Å². The van der Waals surface area contributed by atoms with Crippen LogP contribution in [0.1, 0.15) is 31.1 Å². The number of piperazine rings is 1. The Morgan fingerprint density at radius 3 is 1.91 bits per heavy atom. The first-order valence-corrected chi connectivity index (χ1v) is 10.7. The third kappa shape index (κ3) is 6.55. The van der Waals surface area contributed by atoms with Gasteiger partial charge in [-0.1, -0.05) is 18.2 Å². The first-order valence-electron chi connectivity index (χ1n) is 10.7. The molecule has 33 heavy (non-hydrogen) atoms. The monoisotopic (exact) mass is 452 g/mol. The fourth-order valence-electron chi connectivity index (χ4n) is 3.66. The lowest BCUT2D eigenvalue weighted by Gasteiger charge is -2.37. The van der Waals surface area contributed by atoms with Gasteiger partial charge in [-0.3, -0.25) is 14.4 Å². The lowest BCUT2D eigenvalue weighted by atomic mass is 10.1. The molecule has 1 atom stereocenters. The summed E-state index contributed by atoms with van der Waals surface area (Å²) in [5, 5.41) is 5.16. The Morgan fingerprint density at radius 2 is 1.39 bits per heavy atom. The third-order valence-corrected chi connectivity index (χ3v) is 5.15. The second kappa shape index (κ2) is 10.6. The predicted molar refractivity (Wildman–Crippen MR) is 125 cm³/mol. The van der Waals surface area contributed by atoms with Gasteiger partial charge in [-0.15, -0.1) is 0 Å². The number of rotatable bonds is 6. The van der Waals surface area contributed by atoms with Crippen LogP contribution in [0.5, 0.6) is 0 Å². The van der Waals surface area contributed by atoms with Crippen LogP contribution in [0.15, 0.2) is 48.5 Å². The van der Waals surface area contributed by atoms with E-state index >= 15 is 0 Å². The summed E-state index contributed by atoms with van der Waals surface area (Å²) in [6.45, 7) is 6.64. The molecule has 3 amide bonds. The van der Waals surface area contributed by atoms with Crippen molar-refractivity contribution in [1.82, 2.24) is 4.90 Å². The fourth-order valence-corrected chi connectivity index (χ4v) is 3.66. The molecule has 2 aromatic carbocycles. The highest BCUT2D eigenvalue weighted by molar-refractivity contribution is 5.98. The van der Waals surface area contributed by atoms with Gasteiger partial charge in [-0.25, -0.2) is 4.79 Å². The van der Waals surface area contributed by atoms with Crippen LogP contribution in [0, 0.1) is 0 Å². The Kier molecular flexibility index (Phi) is 7.66. The number of ether oxygens (including phenoxy) is 1. The molecule has 0 saturated carbocycles. The number of carbonyl (C=O) groups is 4. The molecular formula is C24H28N4O5. The highest BCUT2D eigenvalue weighted by Gasteiger charge is 2.28. The first-order chi connectivity index (χ1) is 15.7. The minimum absolute atomic E-state index is 0.110. The van der Waals surface area contributed by atoms with Gasteiger partial charge in [-0.05, 0) is 37.3 Å². The summed E-state index contributed by atoms with van der Waals surface area (Å²) < 4.78 is 5.41. The Hall–Kier alpha value is -3.88. The van der Waals surface area contributed by atoms with E-state index in [1.54, 1.807) is 4.90 Å². The van der Waals surface area contributed by atoms with E-state index in [9.17, 15) is 19.2 Å². The molecule has 9 heteroatoms. The van der Waals surface area contributed by atoms with Crippen LogP contribution in [0.2, 0.25) is 0 Å². The number of amides is 3. The van der Waals surface area contributed by atoms with Crippen molar-refractivity contribution < 1.29 is 23.9 Å².